The third-order valence-corrected chi connectivity index (χ3v) is 7.13. The van der Waals surface area contributed by atoms with Crippen LogP contribution in [0.3, 0.4) is 0 Å². The monoisotopic (exact) mass is 444 g/mol. The molecular weight excluding hydrogens is 408 g/mol. The molecule has 3 aliphatic heterocycles. The van der Waals surface area contributed by atoms with Crippen molar-refractivity contribution < 1.29 is 14.3 Å². The highest BCUT2D eigenvalue weighted by atomic mass is 16.5. The molecule has 0 bridgehead atoms. The Morgan fingerprint density at radius 3 is 2.44 bits per heavy atom. The second-order valence-electron chi connectivity index (χ2n) is 10.5. The number of carbonyl (C=O) groups is 2. The Bertz CT molecular complexity index is 892. The van der Waals surface area contributed by atoms with Crippen LogP contribution in [0.4, 0.5) is 0 Å². The van der Waals surface area contributed by atoms with Gasteiger partial charge in [-0.1, -0.05) is 20.8 Å². The van der Waals surface area contributed by atoms with Gasteiger partial charge in [0.15, 0.2) is 0 Å². The lowest BCUT2D eigenvalue weighted by atomic mass is 9.92. The summed E-state index contributed by atoms with van der Waals surface area (Å²) in [5.74, 6) is 0.309. The van der Waals surface area contributed by atoms with E-state index >= 15 is 0 Å². The molecule has 1 atom stereocenters. The van der Waals surface area contributed by atoms with Crippen molar-refractivity contribution in [2.45, 2.75) is 70.9 Å². The first-order chi connectivity index (χ1) is 15.2. The van der Waals surface area contributed by atoms with Crippen molar-refractivity contribution in [2.24, 2.45) is 11.8 Å². The van der Waals surface area contributed by atoms with E-state index in [0.717, 1.165) is 31.4 Å². The largest absolute Gasteiger partial charge is 0.381 e. The molecule has 0 saturated carbocycles. The Kier molecular flexibility index (Phi) is 6.70. The van der Waals surface area contributed by atoms with Crippen LogP contribution in [0.2, 0.25) is 0 Å². The number of carbonyl (C=O) groups excluding carboxylic acids is 2. The number of amides is 2. The van der Waals surface area contributed by atoms with E-state index in [2.05, 4.69) is 25.9 Å². The van der Waals surface area contributed by atoms with Crippen molar-refractivity contribution in [2.75, 3.05) is 32.8 Å². The SMILES string of the molecule is CC(C)(C)c1ccc(=O)n(CC2CCN(C(=O)C3CC(=O)N(C4CCOCC4)C3)CC2)n1. The fourth-order valence-electron chi connectivity index (χ4n) is 5.07. The molecule has 0 radical (unpaired) electrons. The molecule has 4 heterocycles. The van der Waals surface area contributed by atoms with Gasteiger partial charge in [0.25, 0.3) is 5.56 Å². The molecule has 4 rings (SSSR count). The second-order valence-corrected chi connectivity index (χ2v) is 10.5. The molecule has 8 heteroatoms. The maximum Gasteiger partial charge on any atom is 0.266 e. The minimum absolute atomic E-state index is 0.0748. The average Bonchev–Trinajstić information content (AvgIpc) is 3.17. The highest BCUT2D eigenvalue weighted by Crippen LogP contribution is 2.28. The maximum atomic E-state index is 13.1. The summed E-state index contributed by atoms with van der Waals surface area (Å²) in [6.07, 6.45) is 3.76. The lowest BCUT2D eigenvalue weighted by molar-refractivity contribution is -0.137. The Labute approximate surface area is 189 Å². The van der Waals surface area contributed by atoms with Crippen molar-refractivity contribution in [3.8, 4) is 0 Å². The normalized spacial score (nSPS) is 23.7. The van der Waals surface area contributed by atoms with Gasteiger partial charge in [0.2, 0.25) is 11.8 Å². The Balaban J connectivity index is 1.31. The fraction of sp³-hybridized carbons (Fsp3) is 0.750. The van der Waals surface area contributed by atoms with Crippen LogP contribution < -0.4 is 5.56 Å². The Morgan fingerprint density at radius 2 is 1.78 bits per heavy atom. The number of rotatable bonds is 4. The average molecular weight is 445 g/mol. The van der Waals surface area contributed by atoms with E-state index in [4.69, 9.17) is 4.74 Å². The van der Waals surface area contributed by atoms with Gasteiger partial charge in [-0.05, 0) is 37.7 Å². The highest BCUT2D eigenvalue weighted by molar-refractivity contribution is 5.89. The molecule has 32 heavy (non-hydrogen) atoms. The summed E-state index contributed by atoms with van der Waals surface area (Å²) >= 11 is 0. The van der Waals surface area contributed by atoms with E-state index < -0.39 is 0 Å². The summed E-state index contributed by atoms with van der Waals surface area (Å²) < 4.78 is 7.00. The van der Waals surface area contributed by atoms with Crippen LogP contribution in [0.5, 0.6) is 0 Å². The van der Waals surface area contributed by atoms with Gasteiger partial charge in [0, 0.05) is 63.3 Å². The molecule has 2 amide bonds. The minimum Gasteiger partial charge on any atom is -0.381 e. The van der Waals surface area contributed by atoms with Crippen LogP contribution in [0.15, 0.2) is 16.9 Å². The van der Waals surface area contributed by atoms with Crippen molar-refractivity contribution in [1.82, 2.24) is 19.6 Å². The first-order valence-corrected chi connectivity index (χ1v) is 12.0. The molecular formula is C24H36N4O4. The van der Waals surface area contributed by atoms with Crippen LogP contribution in [-0.2, 0) is 26.3 Å². The number of piperidine rings is 1. The van der Waals surface area contributed by atoms with Crippen LogP contribution in [0.1, 0.15) is 58.6 Å². The summed E-state index contributed by atoms with van der Waals surface area (Å²) in [4.78, 5) is 41.8. The molecule has 1 unspecified atom stereocenters. The van der Waals surface area contributed by atoms with Crippen LogP contribution in [0.25, 0.3) is 0 Å². The number of hydrogen-bond donors (Lipinski definition) is 0. The van der Waals surface area contributed by atoms with Crippen LogP contribution >= 0.6 is 0 Å². The predicted molar refractivity (Wildman–Crippen MR) is 120 cm³/mol. The Hall–Kier alpha value is -2.22. The molecule has 1 aromatic rings. The molecule has 0 spiro atoms. The van der Waals surface area contributed by atoms with Crippen LogP contribution in [0, 0.1) is 11.8 Å². The van der Waals surface area contributed by atoms with Gasteiger partial charge >= 0.3 is 0 Å². The first-order valence-electron chi connectivity index (χ1n) is 12.0. The number of likely N-dealkylation sites (tertiary alicyclic amines) is 2. The van der Waals surface area contributed by atoms with Gasteiger partial charge in [-0.3, -0.25) is 14.4 Å². The van der Waals surface area contributed by atoms with Gasteiger partial charge < -0.3 is 14.5 Å². The summed E-state index contributed by atoms with van der Waals surface area (Å²) in [5.41, 5.74) is 0.724. The predicted octanol–water partition coefficient (Wildman–Crippen LogP) is 1.81. The standard InChI is InChI=1S/C24H36N4O4/c1-24(2,3)20-4-5-21(29)28(25-20)15-17-6-10-26(11-7-17)23(31)18-14-22(30)27(16-18)19-8-12-32-13-9-19/h4-5,17-19H,6-16H2,1-3H3. The topological polar surface area (TPSA) is 84.7 Å². The summed E-state index contributed by atoms with van der Waals surface area (Å²) in [6, 6.07) is 3.63. The number of hydrogen-bond acceptors (Lipinski definition) is 5. The van der Waals surface area contributed by atoms with E-state index in [1.807, 2.05) is 15.9 Å². The minimum atomic E-state index is -0.227. The molecule has 3 saturated heterocycles. The van der Waals surface area contributed by atoms with E-state index in [0.29, 0.717) is 51.7 Å². The molecule has 0 aromatic carbocycles. The maximum absolute atomic E-state index is 13.1. The molecule has 3 aliphatic rings. The van der Waals surface area contributed by atoms with Crippen molar-refractivity contribution in [3.05, 3.63) is 28.2 Å². The zero-order valence-electron chi connectivity index (χ0n) is 19.6. The summed E-state index contributed by atoms with van der Waals surface area (Å²) in [5, 5.41) is 4.59. The van der Waals surface area contributed by atoms with Crippen LogP contribution in [-0.4, -0.2) is 70.3 Å². The molecule has 3 fully saturated rings. The van der Waals surface area contributed by atoms with Gasteiger partial charge in [-0.2, -0.15) is 5.10 Å². The third kappa shape index (κ3) is 5.05. The summed E-state index contributed by atoms with van der Waals surface area (Å²) in [6.45, 7) is 10.1. The van der Waals surface area contributed by atoms with E-state index in [9.17, 15) is 14.4 Å². The lowest BCUT2D eigenvalue weighted by Gasteiger charge is -2.34. The molecule has 0 N–H and O–H groups in total. The van der Waals surface area contributed by atoms with E-state index in [1.165, 1.54) is 0 Å². The first kappa shape index (κ1) is 23.0. The number of aromatic nitrogens is 2. The molecule has 0 aliphatic carbocycles. The highest BCUT2D eigenvalue weighted by Gasteiger charge is 2.40. The van der Waals surface area contributed by atoms with Gasteiger partial charge in [0.1, 0.15) is 0 Å². The van der Waals surface area contributed by atoms with Crippen molar-refractivity contribution in [3.63, 3.8) is 0 Å². The number of nitrogens with zero attached hydrogens (tertiary/aromatic N) is 4. The van der Waals surface area contributed by atoms with Gasteiger partial charge in [-0.25, -0.2) is 4.68 Å². The third-order valence-electron chi connectivity index (χ3n) is 7.13. The van der Waals surface area contributed by atoms with Crippen molar-refractivity contribution >= 4 is 11.8 Å². The summed E-state index contributed by atoms with van der Waals surface area (Å²) in [7, 11) is 0. The quantitative estimate of drug-likeness (QED) is 0.707. The number of ether oxygens (including phenoxy) is 1. The molecule has 1 aromatic heterocycles. The molecule has 176 valence electrons. The van der Waals surface area contributed by atoms with E-state index in [1.54, 1.807) is 10.7 Å². The van der Waals surface area contributed by atoms with Gasteiger partial charge in [0.05, 0.1) is 11.6 Å². The molecule has 8 nitrogen and oxygen atoms in total. The zero-order chi connectivity index (χ0) is 22.9. The zero-order valence-corrected chi connectivity index (χ0v) is 19.6. The van der Waals surface area contributed by atoms with E-state index in [-0.39, 0.29) is 34.7 Å². The second kappa shape index (κ2) is 9.33. The fourth-order valence-corrected chi connectivity index (χ4v) is 5.07. The van der Waals surface area contributed by atoms with Gasteiger partial charge in [-0.15, -0.1) is 0 Å². The Morgan fingerprint density at radius 1 is 1.09 bits per heavy atom. The van der Waals surface area contributed by atoms with Crippen molar-refractivity contribution in [1.29, 1.82) is 0 Å². The lowest BCUT2D eigenvalue weighted by Crippen LogP contribution is -2.44. The smallest absolute Gasteiger partial charge is 0.266 e.